The molecule has 36 heavy (non-hydrogen) atoms. The molecule has 0 bridgehead atoms. The van der Waals surface area contributed by atoms with Gasteiger partial charge in [0.2, 0.25) is 5.95 Å². The molecule has 0 amide bonds. The molecule has 0 saturated carbocycles. The van der Waals surface area contributed by atoms with Crippen LogP contribution in [0.5, 0.6) is 5.75 Å². The minimum absolute atomic E-state index is 0.350. The van der Waals surface area contributed by atoms with Gasteiger partial charge >= 0.3 is 0 Å². The van der Waals surface area contributed by atoms with Crippen LogP contribution in [0.2, 0.25) is 5.02 Å². The average Bonchev–Trinajstić information content (AvgIpc) is 3.37. The predicted molar refractivity (Wildman–Crippen MR) is 143 cm³/mol. The van der Waals surface area contributed by atoms with Gasteiger partial charge in [0, 0.05) is 49.9 Å². The number of nitrogens with zero attached hydrogens (tertiary/aromatic N) is 7. The van der Waals surface area contributed by atoms with E-state index in [0.717, 1.165) is 67.1 Å². The molecule has 4 aromatic rings. The Labute approximate surface area is 219 Å². The first kappa shape index (κ1) is 24.8. The molecule has 5 rings (SSSR count). The normalized spacial score (nSPS) is 14.8. The minimum atomic E-state index is 0.350. The summed E-state index contributed by atoms with van der Waals surface area (Å²) in [6, 6.07) is 13.1. The molecule has 1 aromatic carbocycles. The van der Waals surface area contributed by atoms with Crippen LogP contribution >= 0.6 is 23.4 Å². The van der Waals surface area contributed by atoms with E-state index in [-0.39, 0.29) is 0 Å². The maximum atomic E-state index is 6.50. The second-order valence-corrected chi connectivity index (χ2v) is 10.1. The summed E-state index contributed by atoms with van der Waals surface area (Å²) in [6.45, 7) is 6.03. The first-order chi connectivity index (χ1) is 17.6. The van der Waals surface area contributed by atoms with Gasteiger partial charge in [0.1, 0.15) is 12.4 Å². The van der Waals surface area contributed by atoms with Gasteiger partial charge in [0.05, 0.1) is 16.9 Å². The molecule has 4 heterocycles. The topological polar surface area (TPSA) is 83.7 Å². The van der Waals surface area contributed by atoms with E-state index in [0.29, 0.717) is 23.3 Å². The predicted octanol–water partition coefficient (Wildman–Crippen LogP) is 4.22. The van der Waals surface area contributed by atoms with Crippen LogP contribution in [-0.2, 0) is 6.61 Å². The Morgan fingerprint density at radius 3 is 2.75 bits per heavy atom. The summed E-state index contributed by atoms with van der Waals surface area (Å²) < 4.78 is 7.52. The number of ether oxygens (including phenoxy) is 1. The van der Waals surface area contributed by atoms with Crippen molar-refractivity contribution in [1.29, 1.82) is 0 Å². The van der Waals surface area contributed by atoms with E-state index in [1.165, 1.54) is 0 Å². The Bertz CT molecular complexity index is 1280. The first-order valence-corrected chi connectivity index (χ1v) is 13.4. The molecule has 1 saturated heterocycles. The number of thioether (sulfide) groups is 1. The fourth-order valence-electron chi connectivity index (χ4n) is 3.93. The van der Waals surface area contributed by atoms with E-state index < -0.39 is 0 Å². The van der Waals surface area contributed by atoms with Gasteiger partial charge in [-0.05, 0) is 50.3 Å². The zero-order valence-corrected chi connectivity index (χ0v) is 21.8. The summed E-state index contributed by atoms with van der Waals surface area (Å²) in [4.78, 5) is 18.6. The van der Waals surface area contributed by atoms with E-state index in [4.69, 9.17) is 21.3 Å². The molecule has 0 unspecified atom stereocenters. The smallest absolute Gasteiger partial charge is 0.232 e. The number of hydrogen-bond donors (Lipinski definition) is 1. The van der Waals surface area contributed by atoms with E-state index in [9.17, 15) is 0 Å². The number of likely N-dealkylation sites (N-methyl/N-ethyl adjacent to an activating group) is 1. The lowest BCUT2D eigenvalue weighted by Crippen LogP contribution is -2.44. The number of benzene rings is 1. The molecule has 0 radical (unpaired) electrons. The molecule has 0 spiro atoms. The van der Waals surface area contributed by atoms with Crippen LogP contribution in [0.15, 0.2) is 60.0 Å². The van der Waals surface area contributed by atoms with Gasteiger partial charge in [-0.25, -0.2) is 4.98 Å². The number of rotatable bonds is 10. The summed E-state index contributed by atoms with van der Waals surface area (Å²) in [5.41, 5.74) is 2.37. The maximum Gasteiger partial charge on any atom is 0.232 e. The Balaban J connectivity index is 1.21. The van der Waals surface area contributed by atoms with Crippen LogP contribution in [0, 0.1) is 0 Å². The molecule has 1 aliphatic heterocycles. The van der Waals surface area contributed by atoms with Gasteiger partial charge in [0.25, 0.3) is 0 Å². The number of pyridine rings is 1. The number of piperazine rings is 1. The van der Waals surface area contributed by atoms with Crippen LogP contribution < -0.4 is 10.1 Å². The molecule has 0 atom stereocenters. The number of aromatic nitrogens is 5. The Kier molecular flexibility index (Phi) is 8.17. The SMILES string of the molecule is CN1CCN(CCCSc2nc(Nc3ccc(OCc4ccccn4)c(Cl)c3)n3nccc3n2)CC1. The fourth-order valence-corrected chi connectivity index (χ4v) is 4.93. The fraction of sp³-hybridized carbons (Fsp3) is 0.360. The first-order valence-electron chi connectivity index (χ1n) is 12.0. The summed E-state index contributed by atoms with van der Waals surface area (Å²) in [5, 5.41) is 8.93. The second-order valence-electron chi connectivity index (χ2n) is 8.66. The van der Waals surface area contributed by atoms with Crippen molar-refractivity contribution in [3.05, 3.63) is 65.6 Å². The molecule has 1 N–H and O–H groups in total. The number of anilines is 2. The van der Waals surface area contributed by atoms with Crippen LogP contribution in [0.1, 0.15) is 12.1 Å². The van der Waals surface area contributed by atoms with Gasteiger partial charge in [-0.3, -0.25) is 4.98 Å². The molecule has 11 heteroatoms. The highest BCUT2D eigenvalue weighted by Crippen LogP contribution is 2.30. The van der Waals surface area contributed by atoms with Gasteiger partial charge in [-0.2, -0.15) is 14.6 Å². The molecule has 3 aromatic heterocycles. The van der Waals surface area contributed by atoms with Crippen molar-refractivity contribution in [2.45, 2.75) is 18.2 Å². The van der Waals surface area contributed by atoms with Gasteiger partial charge in [-0.15, -0.1) is 0 Å². The Morgan fingerprint density at radius 1 is 1.06 bits per heavy atom. The van der Waals surface area contributed by atoms with Crippen LogP contribution in [-0.4, -0.2) is 79.9 Å². The van der Waals surface area contributed by atoms with Crippen molar-refractivity contribution in [2.24, 2.45) is 0 Å². The highest BCUT2D eigenvalue weighted by atomic mass is 35.5. The Morgan fingerprint density at radius 2 is 1.94 bits per heavy atom. The van der Waals surface area contributed by atoms with Crippen molar-refractivity contribution in [3.63, 3.8) is 0 Å². The monoisotopic (exact) mass is 524 g/mol. The van der Waals surface area contributed by atoms with E-state index >= 15 is 0 Å². The lowest BCUT2D eigenvalue weighted by Gasteiger charge is -2.32. The summed E-state index contributed by atoms with van der Waals surface area (Å²) in [5.74, 6) is 2.14. The third kappa shape index (κ3) is 6.44. The lowest BCUT2D eigenvalue weighted by atomic mass is 10.3. The average molecular weight is 525 g/mol. The maximum absolute atomic E-state index is 6.50. The molecular weight excluding hydrogens is 496 g/mol. The van der Waals surface area contributed by atoms with E-state index in [1.807, 2.05) is 42.5 Å². The molecule has 9 nitrogen and oxygen atoms in total. The molecule has 1 fully saturated rings. The Hall–Kier alpha value is -2.92. The number of halogens is 1. The zero-order valence-electron chi connectivity index (χ0n) is 20.2. The minimum Gasteiger partial charge on any atom is -0.486 e. The number of hydrogen-bond acceptors (Lipinski definition) is 9. The molecule has 0 aliphatic carbocycles. The van der Waals surface area contributed by atoms with Crippen molar-refractivity contribution in [2.75, 3.05) is 50.8 Å². The zero-order chi connectivity index (χ0) is 24.7. The second kappa shape index (κ2) is 11.9. The van der Waals surface area contributed by atoms with E-state index in [2.05, 4.69) is 37.2 Å². The molecule has 188 valence electrons. The number of fused-ring (bicyclic) bond motifs is 1. The van der Waals surface area contributed by atoms with E-state index in [1.54, 1.807) is 28.7 Å². The largest absolute Gasteiger partial charge is 0.486 e. The van der Waals surface area contributed by atoms with Crippen LogP contribution in [0.4, 0.5) is 11.6 Å². The van der Waals surface area contributed by atoms with Gasteiger partial charge in [0.15, 0.2) is 10.8 Å². The highest BCUT2D eigenvalue weighted by molar-refractivity contribution is 7.99. The summed E-state index contributed by atoms with van der Waals surface area (Å²) in [6.07, 6.45) is 4.56. The van der Waals surface area contributed by atoms with Crippen LogP contribution in [0.3, 0.4) is 0 Å². The third-order valence-corrected chi connectivity index (χ3v) is 7.20. The molecule has 1 aliphatic rings. The van der Waals surface area contributed by atoms with Crippen molar-refractivity contribution in [3.8, 4) is 5.75 Å². The lowest BCUT2D eigenvalue weighted by molar-refractivity contribution is 0.154. The van der Waals surface area contributed by atoms with Crippen LogP contribution in [0.25, 0.3) is 5.65 Å². The molecular formula is C25H29ClN8OS. The van der Waals surface area contributed by atoms with Crippen molar-refractivity contribution >= 4 is 40.6 Å². The number of nitrogens with one attached hydrogen (secondary N) is 1. The van der Waals surface area contributed by atoms with Gasteiger partial charge in [-0.1, -0.05) is 29.4 Å². The van der Waals surface area contributed by atoms with Crippen molar-refractivity contribution < 1.29 is 4.74 Å². The van der Waals surface area contributed by atoms with Crippen molar-refractivity contribution in [1.82, 2.24) is 34.4 Å². The summed E-state index contributed by atoms with van der Waals surface area (Å²) in [7, 11) is 2.18. The standard InChI is InChI=1S/C25H29ClN8OS/c1-32-12-14-33(15-13-32)11-4-16-36-25-30-23-8-10-28-34(23)24(31-25)29-19-6-7-22(21(26)17-19)35-18-20-5-2-3-9-27-20/h2-3,5-10,17H,4,11-16,18H2,1H3,(H,29,30,31). The quantitative estimate of drug-likeness (QED) is 0.242. The van der Waals surface area contributed by atoms with Gasteiger partial charge < -0.3 is 19.9 Å². The highest BCUT2D eigenvalue weighted by Gasteiger charge is 2.14. The third-order valence-electron chi connectivity index (χ3n) is 5.97. The summed E-state index contributed by atoms with van der Waals surface area (Å²) >= 11 is 8.17.